The Hall–Kier alpha value is -2.11. The number of fused-ring (bicyclic) bond motifs is 3. The molecule has 0 saturated carbocycles. The molecule has 124 valence electrons. The van der Waals surface area contributed by atoms with Gasteiger partial charge in [0.1, 0.15) is 11.3 Å². The Morgan fingerprint density at radius 1 is 1.33 bits per heavy atom. The Morgan fingerprint density at radius 2 is 2.12 bits per heavy atom. The van der Waals surface area contributed by atoms with Gasteiger partial charge in [0, 0.05) is 29.8 Å². The van der Waals surface area contributed by atoms with Crippen molar-refractivity contribution in [2.75, 3.05) is 0 Å². The van der Waals surface area contributed by atoms with Crippen LogP contribution in [0, 0.1) is 5.41 Å². The zero-order valence-electron chi connectivity index (χ0n) is 13.6. The van der Waals surface area contributed by atoms with E-state index < -0.39 is 0 Å². The van der Waals surface area contributed by atoms with Crippen LogP contribution >= 0.6 is 11.6 Å². The number of pyridine rings is 1. The highest BCUT2D eigenvalue weighted by molar-refractivity contribution is 6.31. The molecule has 0 aromatic carbocycles. The van der Waals surface area contributed by atoms with E-state index in [1.807, 2.05) is 16.7 Å². The molecule has 1 aliphatic rings. The first-order valence-electron chi connectivity index (χ1n) is 7.90. The molecule has 5 nitrogen and oxygen atoms in total. The maximum absolute atomic E-state index is 13.0. The summed E-state index contributed by atoms with van der Waals surface area (Å²) < 4.78 is 3.43. The lowest BCUT2D eigenvalue weighted by Crippen LogP contribution is -2.22. The number of rotatable bonds is 2. The summed E-state index contributed by atoms with van der Waals surface area (Å²) in [6, 6.07) is 3.58. The van der Waals surface area contributed by atoms with E-state index >= 15 is 0 Å². The average molecular weight is 344 g/mol. The van der Waals surface area contributed by atoms with E-state index in [4.69, 9.17) is 11.6 Å². The Kier molecular flexibility index (Phi) is 3.34. The number of aliphatic hydroxyl groups excluding tert-OH is 1. The normalized spacial score (nSPS) is 15.8. The maximum atomic E-state index is 13.0. The molecule has 6 heteroatoms. The molecule has 0 spiro atoms. The van der Waals surface area contributed by atoms with E-state index in [1.54, 1.807) is 12.3 Å². The molecule has 24 heavy (non-hydrogen) atoms. The summed E-state index contributed by atoms with van der Waals surface area (Å²) in [7, 11) is 0. The lowest BCUT2D eigenvalue weighted by Gasteiger charge is -2.16. The first-order chi connectivity index (χ1) is 11.4. The van der Waals surface area contributed by atoms with Gasteiger partial charge in [0.2, 0.25) is 0 Å². The van der Waals surface area contributed by atoms with Crippen LogP contribution in [0.25, 0.3) is 11.3 Å². The maximum Gasteiger partial charge on any atom is 0.280 e. The van der Waals surface area contributed by atoms with Gasteiger partial charge in [0.25, 0.3) is 5.56 Å². The van der Waals surface area contributed by atoms with Crippen LogP contribution in [0.15, 0.2) is 35.5 Å². The minimum Gasteiger partial charge on any atom is -0.391 e. The molecule has 1 N–H and O–H groups in total. The van der Waals surface area contributed by atoms with Gasteiger partial charge < -0.3 is 9.51 Å². The zero-order chi connectivity index (χ0) is 17.1. The second-order valence-electron chi connectivity index (χ2n) is 7.12. The van der Waals surface area contributed by atoms with Crippen LogP contribution in [0.1, 0.15) is 30.7 Å². The van der Waals surface area contributed by atoms with Crippen molar-refractivity contribution in [1.82, 2.24) is 14.0 Å². The largest absolute Gasteiger partial charge is 0.391 e. The van der Waals surface area contributed by atoms with E-state index in [0.717, 1.165) is 12.8 Å². The summed E-state index contributed by atoms with van der Waals surface area (Å²) in [6.45, 7) is 4.21. The fraction of sp³-hybridized carbons (Fsp3) is 0.333. The number of hydrogen-bond acceptors (Lipinski definition) is 3. The predicted molar refractivity (Wildman–Crippen MR) is 92.9 cm³/mol. The van der Waals surface area contributed by atoms with Crippen molar-refractivity contribution in [2.45, 2.75) is 33.3 Å². The van der Waals surface area contributed by atoms with Gasteiger partial charge in [-0.05, 0) is 36.0 Å². The van der Waals surface area contributed by atoms with Crippen LogP contribution < -0.4 is 5.56 Å². The third kappa shape index (κ3) is 2.19. The highest BCUT2D eigenvalue weighted by Crippen LogP contribution is 2.37. The molecule has 0 saturated heterocycles. The number of halogens is 1. The first-order valence-corrected chi connectivity index (χ1v) is 8.28. The smallest absolute Gasteiger partial charge is 0.280 e. The number of aromatic nitrogens is 3. The van der Waals surface area contributed by atoms with Crippen LogP contribution in [0.5, 0.6) is 0 Å². The van der Waals surface area contributed by atoms with Crippen molar-refractivity contribution >= 4 is 17.1 Å². The lowest BCUT2D eigenvalue weighted by atomic mass is 9.90. The fourth-order valence-electron chi connectivity index (χ4n) is 3.64. The van der Waals surface area contributed by atoms with Crippen molar-refractivity contribution in [1.29, 1.82) is 0 Å². The summed E-state index contributed by atoms with van der Waals surface area (Å²) in [6.07, 6.45) is 7.05. The minimum absolute atomic E-state index is 0.158. The molecule has 4 rings (SSSR count). The van der Waals surface area contributed by atoms with Gasteiger partial charge in [-0.3, -0.25) is 9.36 Å². The molecule has 0 radical (unpaired) electrons. The van der Waals surface area contributed by atoms with Gasteiger partial charge in [-0.1, -0.05) is 25.4 Å². The van der Waals surface area contributed by atoms with Gasteiger partial charge in [-0.2, -0.15) is 0 Å². The van der Waals surface area contributed by atoms with Crippen LogP contribution in [0.4, 0.5) is 0 Å². The lowest BCUT2D eigenvalue weighted by molar-refractivity contribution is 0.281. The standard InChI is InChI=1S/C18H18ClN3O2/c1-18(2)8-11-7-14-17(24)22(6-5-21(14)15(11)9-18)16-12(10-23)13(19)3-4-20-16/h3-7,23H,8-10H2,1-2H3. The highest BCUT2D eigenvalue weighted by atomic mass is 35.5. The highest BCUT2D eigenvalue weighted by Gasteiger charge is 2.31. The molecule has 3 heterocycles. The molecule has 3 aromatic heterocycles. The molecule has 0 bridgehead atoms. The molecular weight excluding hydrogens is 326 g/mol. The van der Waals surface area contributed by atoms with Crippen molar-refractivity contribution in [3.05, 3.63) is 62.9 Å². The zero-order valence-corrected chi connectivity index (χ0v) is 14.3. The second-order valence-corrected chi connectivity index (χ2v) is 7.52. The summed E-state index contributed by atoms with van der Waals surface area (Å²) in [5.74, 6) is 0.374. The quantitative estimate of drug-likeness (QED) is 0.778. The Morgan fingerprint density at radius 3 is 2.88 bits per heavy atom. The van der Waals surface area contributed by atoms with E-state index in [0.29, 0.717) is 21.9 Å². The van der Waals surface area contributed by atoms with Gasteiger partial charge in [-0.25, -0.2) is 4.98 Å². The predicted octanol–water partition coefficient (Wildman–Crippen LogP) is 2.76. The van der Waals surface area contributed by atoms with Crippen LogP contribution in [-0.2, 0) is 19.4 Å². The Balaban J connectivity index is 1.94. The second kappa shape index (κ2) is 5.19. The summed E-state index contributed by atoms with van der Waals surface area (Å²) >= 11 is 6.12. The van der Waals surface area contributed by atoms with Crippen molar-refractivity contribution < 1.29 is 5.11 Å². The topological polar surface area (TPSA) is 59.5 Å². The van der Waals surface area contributed by atoms with Crippen LogP contribution in [-0.4, -0.2) is 19.1 Å². The SMILES string of the molecule is CC1(C)Cc2cc3c(=O)n(-c4nccc(Cl)c4CO)ccn3c2C1. The van der Waals surface area contributed by atoms with Gasteiger partial charge in [0.05, 0.1) is 11.6 Å². The van der Waals surface area contributed by atoms with E-state index in [-0.39, 0.29) is 17.6 Å². The minimum atomic E-state index is -0.272. The Bertz CT molecular complexity index is 1020. The van der Waals surface area contributed by atoms with Crippen LogP contribution in [0.2, 0.25) is 5.02 Å². The summed E-state index contributed by atoms with van der Waals surface area (Å²) in [5, 5.41) is 9.97. The third-order valence-corrected chi connectivity index (χ3v) is 5.07. The number of hydrogen-bond donors (Lipinski definition) is 1. The Labute approximate surface area is 144 Å². The van der Waals surface area contributed by atoms with Crippen molar-refractivity contribution in [2.24, 2.45) is 5.41 Å². The van der Waals surface area contributed by atoms with Gasteiger partial charge in [0.15, 0.2) is 0 Å². The monoisotopic (exact) mass is 343 g/mol. The molecule has 0 unspecified atom stereocenters. The number of aliphatic hydroxyl groups is 1. The van der Waals surface area contributed by atoms with Crippen molar-refractivity contribution in [3.8, 4) is 5.82 Å². The summed E-state index contributed by atoms with van der Waals surface area (Å²) in [5.41, 5.74) is 3.60. The van der Waals surface area contributed by atoms with Crippen LogP contribution in [0.3, 0.4) is 0 Å². The molecule has 0 fully saturated rings. The first kappa shape index (κ1) is 15.4. The number of nitrogens with zero attached hydrogens (tertiary/aromatic N) is 3. The van der Waals surface area contributed by atoms with Gasteiger partial charge in [-0.15, -0.1) is 0 Å². The molecule has 0 atom stereocenters. The van der Waals surface area contributed by atoms with E-state index in [1.165, 1.54) is 22.0 Å². The molecule has 0 aliphatic heterocycles. The summed E-state index contributed by atoms with van der Waals surface area (Å²) in [4.78, 5) is 17.2. The molecule has 0 amide bonds. The molecule has 1 aliphatic carbocycles. The van der Waals surface area contributed by atoms with Crippen molar-refractivity contribution in [3.63, 3.8) is 0 Å². The molecule has 3 aromatic rings. The average Bonchev–Trinajstić information content (AvgIpc) is 3.00. The van der Waals surface area contributed by atoms with Gasteiger partial charge >= 0.3 is 0 Å². The fourth-order valence-corrected chi connectivity index (χ4v) is 3.84. The van der Waals surface area contributed by atoms with E-state index in [2.05, 4.69) is 18.8 Å². The third-order valence-electron chi connectivity index (χ3n) is 4.71. The van der Waals surface area contributed by atoms with E-state index in [9.17, 15) is 9.90 Å². The molecular formula is C18H18ClN3O2.